The van der Waals surface area contributed by atoms with E-state index in [0.29, 0.717) is 0 Å². The molecule has 2 heterocycles. The smallest absolute Gasteiger partial charge is 0.394 e. The second-order valence-electron chi connectivity index (χ2n) is 8.05. The molecular weight excluding hydrogens is 523 g/mol. The average molecular weight is 554 g/mol. The van der Waals surface area contributed by atoms with E-state index in [9.17, 15) is 60.2 Å². The highest BCUT2D eigenvalue weighted by atomic mass is 31.2. The molecule has 0 radical (unpaired) electrons. The van der Waals surface area contributed by atoms with Gasteiger partial charge in [-0.3, -0.25) is 9.05 Å². The zero-order chi connectivity index (χ0) is 27.4. The van der Waals surface area contributed by atoms with Crippen LogP contribution in [0.4, 0.5) is 0 Å². The van der Waals surface area contributed by atoms with Crippen molar-refractivity contribution in [2.45, 2.75) is 73.1 Å². The highest BCUT2D eigenvalue weighted by Gasteiger charge is 2.59. The van der Waals surface area contributed by atoms with Crippen molar-refractivity contribution in [1.82, 2.24) is 0 Å². The topological polar surface area (TPSA) is 303 Å². The Morgan fingerprint density at radius 1 is 0.972 bits per heavy atom. The van der Waals surface area contributed by atoms with Crippen LogP contribution >= 0.6 is 7.82 Å². The summed E-state index contributed by atoms with van der Waals surface area (Å²) in [5.74, 6) is -2.46. The molecule has 36 heavy (non-hydrogen) atoms. The lowest BCUT2D eigenvalue weighted by atomic mass is 9.99. The lowest BCUT2D eigenvalue weighted by molar-refractivity contribution is -0.382. The first-order chi connectivity index (χ1) is 16.8. The van der Waals surface area contributed by atoms with E-state index < -0.39 is 107 Å². The van der Waals surface area contributed by atoms with Crippen molar-refractivity contribution in [1.29, 1.82) is 0 Å². The largest absolute Gasteiger partial charge is 0.473 e. The van der Waals surface area contributed by atoms with Crippen molar-refractivity contribution >= 4 is 14.1 Å². The van der Waals surface area contributed by atoms with Crippen LogP contribution in [0.25, 0.3) is 0 Å². The maximum absolute atomic E-state index is 12.4. The van der Waals surface area contributed by atoms with Crippen LogP contribution in [-0.2, 0) is 32.6 Å². The molecule has 212 valence electrons. The molecule has 0 spiro atoms. The molecule has 18 nitrogen and oxygen atoms in total. The first kappa shape index (κ1) is 31.5. The molecule has 2 aliphatic rings. The number of phosphoric ester groups is 1. The van der Waals surface area contributed by atoms with Gasteiger partial charge in [-0.05, 0) is 0 Å². The number of ether oxygens (including phenoxy) is 3. The summed E-state index contributed by atoms with van der Waals surface area (Å²) in [5, 5.41) is 97.5. The standard InChI is InChI=1S/C17H31O18P/c18-1-6(23)10(24)8(3-20)34-36(29,30)35-14-9(4-21)31-16(13(27)12(14)26)33-17(5-22)15(28)11(25)7(2-19)32-17/h3,6-16,18-19,21-28H,1-2,4-5H2,(H,29,30)/t6-,7+,8-,9+,10-,11+,12+,13+,14+,15-,16+,17-/m0/s1. The summed E-state index contributed by atoms with van der Waals surface area (Å²) in [4.78, 5) is 21.1. The van der Waals surface area contributed by atoms with E-state index >= 15 is 0 Å². The molecule has 19 heteroatoms. The van der Waals surface area contributed by atoms with Crippen LogP contribution in [0.3, 0.4) is 0 Å². The number of hydrogen-bond donors (Lipinski definition) is 11. The van der Waals surface area contributed by atoms with Gasteiger partial charge in [0.1, 0.15) is 61.5 Å². The van der Waals surface area contributed by atoms with Gasteiger partial charge in [-0.1, -0.05) is 0 Å². The Balaban J connectivity index is 2.17. The number of carbonyl (C=O) groups excluding carboxylic acids is 1. The normalized spacial score (nSPS) is 41.4. The van der Waals surface area contributed by atoms with Crippen molar-refractivity contribution < 1.29 is 88.6 Å². The molecule has 11 N–H and O–H groups in total. The number of aliphatic hydroxyl groups is 10. The van der Waals surface area contributed by atoms with Gasteiger partial charge in [0.05, 0.1) is 19.8 Å². The third kappa shape index (κ3) is 6.63. The highest BCUT2D eigenvalue weighted by Crippen LogP contribution is 2.48. The molecular formula is C17H31O18P. The Morgan fingerprint density at radius 2 is 1.58 bits per heavy atom. The van der Waals surface area contributed by atoms with Crippen LogP contribution in [0.5, 0.6) is 0 Å². The molecule has 2 aliphatic heterocycles. The van der Waals surface area contributed by atoms with E-state index in [2.05, 4.69) is 4.52 Å². The monoisotopic (exact) mass is 554 g/mol. The number of aldehydes is 1. The molecule has 0 amide bonds. The van der Waals surface area contributed by atoms with Crippen LogP contribution in [0.2, 0.25) is 0 Å². The molecule has 0 aliphatic carbocycles. The molecule has 0 bridgehead atoms. The van der Waals surface area contributed by atoms with Crippen molar-refractivity contribution in [2.24, 2.45) is 0 Å². The van der Waals surface area contributed by atoms with Gasteiger partial charge in [-0.2, -0.15) is 0 Å². The van der Waals surface area contributed by atoms with Crippen LogP contribution in [0.1, 0.15) is 0 Å². The Bertz CT molecular complexity index is 755. The van der Waals surface area contributed by atoms with Crippen LogP contribution in [-0.4, -0.2) is 162 Å². The second kappa shape index (κ2) is 12.9. The van der Waals surface area contributed by atoms with Crippen LogP contribution < -0.4 is 0 Å². The first-order valence-electron chi connectivity index (χ1n) is 10.5. The Labute approximate surface area is 203 Å². The molecule has 2 fully saturated rings. The minimum absolute atomic E-state index is 0.179. The molecule has 2 saturated heterocycles. The Kier molecular flexibility index (Phi) is 11.3. The van der Waals surface area contributed by atoms with Gasteiger partial charge in [-0.15, -0.1) is 0 Å². The number of aliphatic hydroxyl groups excluding tert-OH is 10. The predicted molar refractivity (Wildman–Crippen MR) is 107 cm³/mol. The summed E-state index contributed by atoms with van der Waals surface area (Å²) < 4.78 is 37.2. The Morgan fingerprint density at radius 3 is 2.06 bits per heavy atom. The summed E-state index contributed by atoms with van der Waals surface area (Å²) in [6.45, 7) is -4.02. The molecule has 0 aromatic rings. The number of carbonyl (C=O) groups is 1. The summed E-state index contributed by atoms with van der Waals surface area (Å²) in [6, 6.07) is 0. The predicted octanol–water partition coefficient (Wildman–Crippen LogP) is -6.97. The fraction of sp³-hybridized carbons (Fsp3) is 0.941. The number of hydrogen-bond acceptors (Lipinski definition) is 17. The van der Waals surface area contributed by atoms with Crippen LogP contribution in [0, 0.1) is 0 Å². The van der Waals surface area contributed by atoms with Gasteiger partial charge < -0.3 is 75.0 Å². The quantitative estimate of drug-likeness (QED) is 0.0744. The van der Waals surface area contributed by atoms with Gasteiger partial charge in [-0.25, -0.2) is 4.57 Å². The van der Waals surface area contributed by atoms with E-state index in [-0.39, 0.29) is 6.29 Å². The second-order valence-corrected chi connectivity index (χ2v) is 9.41. The van der Waals surface area contributed by atoms with E-state index in [0.717, 1.165) is 0 Å². The van der Waals surface area contributed by atoms with Crippen LogP contribution in [0.15, 0.2) is 0 Å². The van der Waals surface area contributed by atoms with Gasteiger partial charge in [0.2, 0.25) is 5.79 Å². The molecule has 0 aromatic heterocycles. The molecule has 0 saturated carbocycles. The summed E-state index contributed by atoms with van der Waals surface area (Å²) >= 11 is 0. The molecule has 1 unspecified atom stereocenters. The fourth-order valence-electron chi connectivity index (χ4n) is 3.57. The third-order valence-electron chi connectivity index (χ3n) is 5.60. The van der Waals surface area contributed by atoms with E-state index in [1.165, 1.54) is 0 Å². The maximum Gasteiger partial charge on any atom is 0.473 e. The molecule has 13 atom stereocenters. The maximum atomic E-state index is 12.4. The Hall–Kier alpha value is -0.740. The van der Waals surface area contributed by atoms with Gasteiger partial charge in [0.15, 0.2) is 18.7 Å². The highest BCUT2D eigenvalue weighted by molar-refractivity contribution is 7.47. The van der Waals surface area contributed by atoms with Crippen molar-refractivity contribution in [3.63, 3.8) is 0 Å². The number of phosphoric acid groups is 1. The summed E-state index contributed by atoms with van der Waals surface area (Å²) in [7, 11) is -5.40. The molecule has 2 rings (SSSR count). The fourth-order valence-corrected chi connectivity index (χ4v) is 4.67. The molecule has 0 aromatic carbocycles. The van der Waals surface area contributed by atoms with Gasteiger partial charge in [0, 0.05) is 0 Å². The zero-order valence-electron chi connectivity index (χ0n) is 18.5. The lowest BCUT2D eigenvalue weighted by Gasteiger charge is -2.44. The minimum atomic E-state index is -5.40. The summed E-state index contributed by atoms with van der Waals surface area (Å²) in [6.07, 6.45) is -21.8. The van der Waals surface area contributed by atoms with Gasteiger partial charge >= 0.3 is 7.82 Å². The number of rotatable bonds is 13. The van der Waals surface area contributed by atoms with E-state index in [1.54, 1.807) is 0 Å². The SMILES string of the molecule is O=C[C@H](OP(=O)(O)O[C@H]1[C@H](O)[C@@H](O)[C@@H](O[C@]2(CO)O[C@H](CO)[C@@H](O)[C@@H]2O)O[C@@H]1CO)[C@@H](O)[C@@H](O)CO. The average Bonchev–Trinajstić information content (AvgIpc) is 3.10. The minimum Gasteiger partial charge on any atom is -0.394 e. The van der Waals surface area contributed by atoms with Gasteiger partial charge in [0.25, 0.3) is 0 Å². The van der Waals surface area contributed by atoms with Crippen molar-refractivity contribution in [3.05, 3.63) is 0 Å². The third-order valence-corrected chi connectivity index (χ3v) is 6.62. The van der Waals surface area contributed by atoms with E-state index in [1.807, 2.05) is 0 Å². The lowest BCUT2D eigenvalue weighted by Crippen LogP contribution is -2.63. The van der Waals surface area contributed by atoms with Crippen molar-refractivity contribution in [2.75, 3.05) is 26.4 Å². The zero-order valence-corrected chi connectivity index (χ0v) is 19.4. The van der Waals surface area contributed by atoms with Crippen molar-refractivity contribution in [3.8, 4) is 0 Å². The summed E-state index contributed by atoms with van der Waals surface area (Å²) in [5.41, 5.74) is 0. The first-order valence-corrected chi connectivity index (χ1v) is 12.0. The van der Waals surface area contributed by atoms with E-state index in [4.69, 9.17) is 23.8 Å².